The average Bonchev–Trinajstić information content (AvgIpc) is 3.25. The first-order valence-electron chi connectivity index (χ1n) is 9.04. The molecule has 1 aromatic heterocycles. The molecule has 2 aliphatic heterocycles. The van der Waals surface area contributed by atoms with Crippen LogP contribution in [0.15, 0.2) is 12.1 Å². The Balaban J connectivity index is 1.50. The third-order valence-electron chi connectivity index (χ3n) is 5.55. The van der Waals surface area contributed by atoms with E-state index in [9.17, 15) is 4.79 Å². The number of nitrogens with zero attached hydrogens (tertiary/aromatic N) is 3. The number of rotatable bonds is 2. The van der Waals surface area contributed by atoms with Gasteiger partial charge in [0.15, 0.2) is 5.13 Å². The molecule has 0 radical (unpaired) electrons. The number of fused-ring (bicyclic) bond motifs is 1. The van der Waals surface area contributed by atoms with Crippen LogP contribution in [0.4, 0.5) is 5.13 Å². The van der Waals surface area contributed by atoms with Gasteiger partial charge in [-0.3, -0.25) is 4.79 Å². The maximum Gasteiger partial charge on any atom is 0.227 e. The van der Waals surface area contributed by atoms with Crippen LogP contribution in [0.5, 0.6) is 0 Å². The number of carbonyl (C=O) groups excluding carboxylic acids is 1. The van der Waals surface area contributed by atoms with Crippen molar-refractivity contribution >= 4 is 32.6 Å². The number of aromatic nitrogens is 1. The number of amides is 1. The highest BCUT2D eigenvalue weighted by atomic mass is 32.1. The van der Waals surface area contributed by atoms with Crippen LogP contribution in [0.2, 0.25) is 0 Å². The Hall–Kier alpha value is -1.62. The molecule has 4 rings (SSSR count). The van der Waals surface area contributed by atoms with Crippen LogP contribution in [0.1, 0.15) is 36.8 Å². The highest BCUT2D eigenvalue weighted by molar-refractivity contribution is 7.22. The number of hydrogen-bond acceptors (Lipinski definition) is 4. The van der Waals surface area contributed by atoms with Gasteiger partial charge in [-0.25, -0.2) is 4.98 Å². The number of likely N-dealkylation sites (tertiary alicyclic amines) is 1. The Morgan fingerprint density at radius 2 is 1.96 bits per heavy atom. The van der Waals surface area contributed by atoms with E-state index in [-0.39, 0.29) is 5.92 Å². The molecule has 24 heavy (non-hydrogen) atoms. The van der Waals surface area contributed by atoms with Gasteiger partial charge in [0.1, 0.15) is 0 Å². The molecule has 1 aromatic carbocycles. The van der Waals surface area contributed by atoms with Crippen LogP contribution in [0.3, 0.4) is 0 Å². The second kappa shape index (κ2) is 6.36. The molecule has 5 heteroatoms. The fourth-order valence-corrected chi connectivity index (χ4v) is 4.92. The molecule has 0 bridgehead atoms. The minimum absolute atomic E-state index is 0.151. The Morgan fingerprint density at radius 3 is 2.75 bits per heavy atom. The number of thiazole rings is 1. The molecular weight excluding hydrogens is 318 g/mol. The van der Waals surface area contributed by atoms with Gasteiger partial charge < -0.3 is 9.80 Å². The lowest BCUT2D eigenvalue weighted by Gasteiger charge is -2.29. The zero-order chi connectivity index (χ0) is 16.7. The number of aryl methyl sites for hydroxylation is 2. The van der Waals surface area contributed by atoms with Crippen LogP contribution < -0.4 is 4.90 Å². The number of carbonyl (C=O) groups is 1. The number of piperidine rings is 1. The Labute approximate surface area is 147 Å². The Kier molecular flexibility index (Phi) is 4.21. The van der Waals surface area contributed by atoms with Crippen molar-refractivity contribution < 1.29 is 4.79 Å². The summed E-state index contributed by atoms with van der Waals surface area (Å²) in [4.78, 5) is 22.0. The molecule has 2 saturated heterocycles. The maximum absolute atomic E-state index is 12.7. The van der Waals surface area contributed by atoms with Crippen LogP contribution in [-0.4, -0.2) is 42.0 Å². The summed E-state index contributed by atoms with van der Waals surface area (Å²) in [5.41, 5.74) is 3.69. The fourth-order valence-electron chi connectivity index (χ4n) is 3.86. The normalized spacial score (nSPS) is 21.7. The summed E-state index contributed by atoms with van der Waals surface area (Å²) in [5.74, 6) is 0.517. The van der Waals surface area contributed by atoms with Crippen LogP contribution >= 0.6 is 11.3 Å². The van der Waals surface area contributed by atoms with Gasteiger partial charge in [0.2, 0.25) is 5.91 Å². The van der Waals surface area contributed by atoms with Crippen LogP contribution in [-0.2, 0) is 4.79 Å². The quantitative estimate of drug-likeness (QED) is 0.833. The lowest BCUT2D eigenvalue weighted by atomic mass is 10.0. The molecule has 1 amide bonds. The predicted molar refractivity (Wildman–Crippen MR) is 99.8 cm³/mol. The maximum atomic E-state index is 12.7. The molecule has 128 valence electrons. The van der Waals surface area contributed by atoms with E-state index in [0.717, 1.165) is 43.2 Å². The summed E-state index contributed by atoms with van der Waals surface area (Å²) >= 11 is 1.76. The van der Waals surface area contributed by atoms with Crippen molar-refractivity contribution in [3.63, 3.8) is 0 Å². The fraction of sp³-hybridized carbons (Fsp3) is 0.579. The van der Waals surface area contributed by atoms with Crippen LogP contribution in [0.25, 0.3) is 10.2 Å². The lowest BCUT2D eigenvalue weighted by molar-refractivity contribution is -0.135. The van der Waals surface area contributed by atoms with Crippen molar-refractivity contribution in [3.05, 3.63) is 23.3 Å². The standard InChI is InChI=1S/C19H25N3OS/c1-13-6-7-16-17(14(13)2)20-19(24-16)22-11-8-15(12-22)18(23)21-9-4-3-5-10-21/h6-7,15H,3-5,8-12H2,1-2H3. The van der Waals surface area contributed by atoms with E-state index in [4.69, 9.17) is 4.98 Å². The molecule has 1 unspecified atom stereocenters. The smallest absolute Gasteiger partial charge is 0.227 e. The van der Waals surface area contributed by atoms with Gasteiger partial charge in [0.05, 0.1) is 16.1 Å². The third-order valence-corrected chi connectivity index (χ3v) is 6.63. The van der Waals surface area contributed by atoms with E-state index in [0.29, 0.717) is 5.91 Å². The molecule has 0 aliphatic carbocycles. The summed E-state index contributed by atoms with van der Waals surface area (Å²) in [6.07, 6.45) is 4.56. The minimum atomic E-state index is 0.151. The summed E-state index contributed by atoms with van der Waals surface area (Å²) in [6.45, 7) is 7.96. The molecule has 2 fully saturated rings. The molecule has 0 spiro atoms. The van der Waals surface area contributed by atoms with Crippen molar-refractivity contribution in [2.75, 3.05) is 31.1 Å². The second-order valence-electron chi connectivity index (χ2n) is 7.17. The molecule has 4 nitrogen and oxygen atoms in total. The van der Waals surface area contributed by atoms with E-state index < -0.39 is 0 Å². The SMILES string of the molecule is Cc1ccc2sc(N3CCC(C(=O)N4CCCCC4)C3)nc2c1C. The highest BCUT2D eigenvalue weighted by Gasteiger charge is 2.33. The monoisotopic (exact) mass is 343 g/mol. The van der Waals surface area contributed by atoms with E-state index in [1.807, 2.05) is 0 Å². The van der Waals surface area contributed by atoms with Crippen LogP contribution in [0, 0.1) is 19.8 Å². The molecule has 1 atom stereocenters. The van der Waals surface area contributed by atoms with E-state index >= 15 is 0 Å². The van der Waals surface area contributed by atoms with Crippen molar-refractivity contribution in [3.8, 4) is 0 Å². The van der Waals surface area contributed by atoms with Gasteiger partial charge in [0.25, 0.3) is 0 Å². The summed E-state index contributed by atoms with van der Waals surface area (Å²) in [6, 6.07) is 4.34. The molecule has 3 heterocycles. The minimum Gasteiger partial charge on any atom is -0.347 e. The van der Waals surface area contributed by atoms with Gasteiger partial charge >= 0.3 is 0 Å². The largest absolute Gasteiger partial charge is 0.347 e. The molecule has 2 aromatic rings. The van der Waals surface area contributed by atoms with Crippen molar-refractivity contribution in [1.82, 2.24) is 9.88 Å². The highest BCUT2D eigenvalue weighted by Crippen LogP contribution is 2.34. The molecule has 0 N–H and O–H groups in total. The summed E-state index contributed by atoms with van der Waals surface area (Å²) in [7, 11) is 0. The van der Waals surface area contributed by atoms with Crippen molar-refractivity contribution in [2.24, 2.45) is 5.92 Å². The molecule has 2 aliphatic rings. The van der Waals surface area contributed by atoms with Gasteiger partial charge in [-0.15, -0.1) is 0 Å². The van der Waals surface area contributed by atoms with Gasteiger partial charge in [-0.05, 0) is 56.7 Å². The topological polar surface area (TPSA) is 36.4 Å². The first-order valence-corrected chi connectivity index (χ1v) is 9.85. The lowest BCUT2D eigenvalue weighted by Crippen LogP contribution is -2.40. The van der Waals surface area contributed by atoms with Crippen molar-refractivity contribution in [1.29, 1.82) is 0 Å². The van der Waals surface area contributed by atoms with E-state index in [1.165, 1.54) is 35.1 Å². The summed E-state index contributed by atoms with van der Waals surface area (Å²) in [5, 5.41) is 1.08. The average molecular weight is 343 g/mol. The number of benzene rings is 1. The molecule has 0 saturated carbocycles. The predicted octanol–water partition coefficient (Wildman–Crippen LogP) is 3.75. The van der Waals surface area contributed by atoms with Gasteiger partial charge in [-0.2, -0.15) is 0 Å². The zero-order valence-corrected chi connectivity index (χ0v) is 15.4. The molecular formula is C19H25N3OS. The van der Waals surface area contributed by atoms with Crippen molar-refractivity contribution in [2.45, 2.75) is 39.5 Å². The zero-order valence-electron chi connectivity index (χ0n) is 14.5. The van der Waals surface area contributed by atoms with Gasteiger partial charge in [-0.1, -0.05) is 17.4 Å². The number of hydrogen-bond donors (Lipinski definition) is 0. The third kappa shape index (κ3) is 2.79. The van der Waals surface area contributed by atoms with Gasteiger partial charge in [0, 0.05) is 26.2 Å². The second-order valence-corrected chi connectivity index (χ2v) is 8.18. The Morgan fingerprint density at radius 1 is 1.17 bits per heavy atom. The first-order chi connectivity index (χ1) is 11.6. The Bertz CT molecular complexity index is 763. The first kappa shape index (κ1) is 15.9. The van der Waals surface area contributed by atoms with E-state index in [1.54, 1.807) is 11.3 Å². The summed E-state index contributed by atoms with van der Waals surface area (Å²) < 4.78 is 1.25. The number of anilines is 1. The van der Waals surface area contributed by atoms with E-state index in [2.05, 4.69) is 35.8 Å².